The zero-order chi connectivity index (χ0) is 25.9. The molecule has 2 heterocycles. The number of halogens is 1. The lowest BCUT2D eigenvalue weighted by molar-refractivity contribution is -0.130. The SMILES string of the molecule is COc1cc(Cn2ccc(CNC(=O)C(C)(C)F)n2)cc2onc(NS(=O)(=O)CC3CCCCC3)c12. The summed E-state index contributed by atoms with van der Waals surface area (Å²) in [5.74, 6) is 0.0366. The van der Waals surface area contributed by atoms with Gasteiger partial charge in [-0.25, -0.2) is 12.8 Å². The number of amides is 1. The average Bonchev–Trinajstić information content (AvgIpc) is 3.43. The van der Waals surface area contributed by atoms with Gasteiger partial charge in [-0.2, -0.15) is 5.10 Å². The van der Waals surface area contributed by atoms with Crippen molar-refractivity contribution in [3.05, 3.63) is 35.7 Å². The smallest absolute Gasteiger partial charge is 0.257 e. The van der Waals surface area contributed by atoms with Crippen molar-refractivity contribution in [2.75, 3.05) is 17.6 Å². The number of ether oxygens (including phenoxy) is 1. The maximum absolute atomic E-state index is 13.7. The molecule has 1 amide bonds. The van der Waals surface area contributed by atoms with Gasteiger partial charge in [0.05, 0.1) is 31.6 Å². The van der Waals surface area contributed by atoms with E-state index in [9.17, 15) is 17.6 Å². The molecule has 0 radical (unpaired) electrons. The van der Waals surface area contributed by atoms with Crippen LogP contribution in [0.15, 0.2) is 28.9 Å². The van der Waals surface area contributed by atoms with Crippen molar-refractivity contribution in [2.45, 2.75) is 64.7 Å². The van der Waals surface area contributed by atoms with Gasteiger partial charge in [-0.15, -0.1) is 0 Å². The highest BCUT2D eigenvalue weighted by Crippen LogP contribution is 2.35. The maximum Gasteiger partial charge on any atom is 0.257 e. The summed E-state index contributed by atoms with van der Waals surface area (Å²) in [6, 6.07) is 5.25. The Labute approximate surface area is 209 Å². The molecule has 0 bridgehead atoms. The summed E-state index contributed by atoms with van der Waals surface area (Å²) < 4.78 is 54.4. The van der Waals surface area contributed by atoms with E-state index in [1.165, 1.54) is 21.0 Å². The lowest BCUT2D eigenvalue weighted by Crippen LogP contribution is -2.38. The van der Waals surface area contributed by atoms with E-state index in [1.54, 1.807) is 29.1 Å². The van der Waals surface area contributed by atoms with Crippen LogP contribution in [0.25, 0.3) is 11.0 Å². The quantitative estimate of drug-likeness (QED) is 0.416. The standard InChI is InChI=1S/C24H32FN5O5S/c1-24(2,25)23(31)26-13-18-9-10-30(27-18)14-17-11-19(34-3)21-20(12-17)35-28-22(21)29-36(32,33)15-16-7-5-4-6-8-16/h9-12,16H,4-8,13-15H2,1-3H3,(H,26,31)(H,28,29). The molecular formula is C24H32FN5O5S. The first-order valence-corrected chi connectivity index (χ1v) is 13.7. The first-order valence-electron chi connectivity index (χ1n) is 12.0. The number of nitrogens with one attached hydrogen (secondary N) is 2. The summed E-state index contributed by atoms with van der Waals surface area (Å²) in [6.07, 6.45) is 6.86. The molecule has 1 aromatic carbocycles. The number of carbonyl (C=O) groups excluding carboxylic acids is 1. The molecule has 0 atom stereocenters. The van der Waals surface area contributed by atoms with E-state index in [2.05, 4.69) is 20.3 Å². The molecule has 0 unspecified atom stereocenters. The van der Waals surface area contributed by atoms with Crippen LogP contribution in [0.4, 0.5) is 10.2 Å². The van der Waals surface area contributed by atoms with Crippen LogP contribution >= 0.6 is 0 Å². The minimum absolute atomic E-state index is 0.0622. The Morgan fingerprint density at radius 2 is 2.03 bits per heavy atom. The Morgan fingerprint density at radius 3 is 2.72 bits per heavy atom. The highest BCUT2D eigenvalue weighted by molar-refractivity contribution is 7.92. The summed E-state index contributed by atoms with van der Waals surface area (Å²) in [4.78, 5) is 11.7. The van der Waals surface area contributed by atoms with Crippen molar-refractivity contribution in [1.82, 2.24) is 20.3 Å². The molecule has 3 aromatic rings. The Balaban J connectivity index is 1.47. The number of benzene rings is 1. The fourth-order valence-electron chi connectivity index (χ4n) is 4.42. The van der Waals surface area contributed by atoms with Gasteiger partial charge in [0, 0.05) is 6.20 Å². The number of carbonyl (C=O) groups is 1. The predicted octanol–water partition coefficient (Wildman–Crippen LogP) is 3.77. The second-order valence-corrected chi connectivity index (χ2v) is 11.5. The van der Waals surface area contributed by atoms with E-state index in [0.717, 1.165) is 37.7 Å². The molecule has 2 aromatic heterocycles. The van der Waals surface area contributed by atoms with E-state index in [1.807, 2.05) is 0 Å². The van der Waals surface area contributed by atoms with Crippen LogP contribution in [0.2, 0.25) is 0 Å². The molecule has 1 fully saturated rings. The molecule has 10 nitrogen and oxygen atoms in total. The number of rotatable bonds is 10. The van der Waals surface area contributed by atoms with E-state index in [-0.39, 0.29) is 24.0 Å². The largest absolute Gasteiger partial charge is 0.496 e. The summed E-state index contributed by atoms with van der Waals surface area (Å²) in [5.41, 5.74) is -0.218. The van der Waals surface area contributed by atoms with Gasteiger partial charge in [-0.3, -0.25) is 14.2 Å². The first kappa shape index (κ1) is 25.9. The van der Waals surface area contributed by atoms with Crippen molar-refractivity contribution in [3.63, 3.8) is 0 Å². The van der Waals surface area contributed by atoms with Gasteiger partial charge >= 0.3 is 0 Å². The summed E-state index contributed by atoms with van der Waals surface area (Å²) in [6.45, 7) is 2.86. The average molecular weight is 522 g/mol. The van der Waals surface area contributed by atoms with Crippen LogP contribution in [0, 0.1) is 5.92 Å². The van der Waals surface area contributed by atoms with Crippen LogP contribution < -0.4 is 14.8 Å². The number of methoxy groups -OCH3 is 1. The molecule has 1 saturated carbocycles. The monoisotopic (exact) mass is 521 g/mol. The zero-order valence-corrected chi connectivity index (χ0v) is 21.5. The molecule has 196 valence electrons. The van der Waals surface area contributed by atoms with Gasteiger partial charge in [0.25, 0.3) is 5.91 Å². The van der Waals surface area contributed by atoms with Gasteiger partial charge in [-0.1, -0.05) is 24.4 Å². The van der Waals surface area contributed by atoms with Crippen molar-refractivity contribution in [3.8, 4) is 5.75 Å². The van der Waals surface area contributed by atoms with Crippen LogP contribution in [0.5, 0.6) is 5.75 Å². The number of hydrogen-bond donors (Lipinski definition) is 2. The molecule has 0 saturated heterocycles. The minimum Gasteiger partial charge on any atom is -0.496 e. The molecule has 1 aliphatic carbocycles. The van der Waals surface area contributed by atoms with E-state index in [0.29, 0.717) is 29.0 Å². The molecule has 4 rings (SSSR count). The molecule has 0 aliphatic heterocycles. The van der Waals surface area contributed by atoms with Gasteiger partial charge in [-0.05, 0) is 56.4 Å². The lowest BCUT2D eigenvalue weighted by atomic mass is 9.91. The third kappa shape index (κ3) is 6.34. The van der Waals surface area contributed by atoms with Crippen LogP contribution in [0.3, 0.4) is 0 Å². The molecule has 2 N–H and O–H groups in total. The van der Waals surface area contributed by atoms with Crippen molar-refractivity contribution < 1.29 is 26.9 Å². The fraction of sp³-hybridized carbons (Fsp3) is 0.542. The Hall–Kier alpha value is -3.15. The first-order chi connectivity index (χ1) is 17.0. The summed E-state index contributed by atoms with van der Waals surface area (Å²) in [7, 11) is -2.10. The van der Waals surface area contributed by atoms with Crippen LogP contribution in [0.1, 0.15) is 57.2 Å². The van der Waals surface area contributed by atoms with Crippen LogP contribution in [-0.2, 0) is 27.9 Å². The van der Waals surface area contributed by atoms with E-state index < -0.39 is 21.6 Å². The molecular weight excluding hydrogens is 489 g/mol. The second-order valence-electron chi connectivity index (χ2n) is 9.75. The molecule has 36 heavy (non-hydrogen) atoms. The Kier molecular flexibility index (Phi) is 7.53. The van der Waals surface area contributed by atoms with E-state index in [4.69, 9.17) is 9.26 Å². The molecule has 12 heteroatoms. The number of aromatic nitrogens is 3. The fourth-order valence-corrected chi connectivity index (χ4v) is 5.89. The number of sulfonamides is 1. The van der Waals surface area contributed by atoms with E-state index >= 15 is 0 Å². The highest BCUT2D eigenvalue weighted by atomic mass is 32.2. The van der Waals surface area contributed by atoms with Gasteiger partial charge in [0.15, 0.2) is 17.1 Å². The topological polar surface area (TPSA) is 128 Å². The minimum atomic E-state index is -3.59. The Morgan fingerprint density at radius 1 is 1.28 bits per heavy atom. The number of fused-ring (bicyclic) bond motifs is 1. The lowest BCUT2D eigenvalue weighted by Gasteiger charge is -2.21. The number of alkyl halides is 1. The predicted molar refractivity (Wildman–Crippen MR) is 133 cm³/mol. The summed E-state index contributed by atoms with van der Waals surface area (Å²) >= 11 is 0. The molecule has 0 spiro atoms. The van der Waals surface area contributed by atoms with Crippen LogP contribution in [-0.4, -0.2) is 47.8 Å². The molecule has 1 aliphatic rings. The second kappa shape index (κ2) is 10.5. The number of nitrogens with zero attached hydrogens (tertiary/aromatic N) is 3. The normalized spacial score (nSPS) is 15.2. The Bertz CT molecular complexity index is 1320. The highest BCUT2D eigenvalue weighted by Gasteiger charge is 2.26. The van der Waals surface area contributed by atoms with Gasteiger partial charge < -0.3 is 14.6 Å². The summed E-state index contributed by atoms with van der Waals surface area (Å²) in [5, 5.41) is 11.3. The van der Waals surface area contributed by atoms with Gasteiger partial charge in [0.1, 0.15) is 11.1 Å². The van der Waals surface area contributed by atoms with Crippen molar-refractivity contribution >= 4 is 32.7 Å². The number of hydrogen-bond acceptors (Lipinski definition) is 7. The number of anilines is 1. The van der Waals surface area contributed by atoms with Crippen molar-refractivity contribution in [1.29, 1.82) is 0 Å². The zero-order valence-electron chi connectivity index (χ0n) is 20.7. The third-order valence-electron chi connectivity index (χ3n) is 6.26. The third-order valence-corrected chi connectivity index (χ3v) is 7.67. The van der Waals surface area contributed by atoms with Gasteiger partial charge in [0.2, 0.25) is 10.0 Å². The van der Waals surface area contributed by atoms with Crippen molar-refractivity contribution in [2.24, 2.45) is 5.92 Å². The maximum atomic E-state index is 13.7.